The van der Waals surface area contributed by atoms with Crippen LogP contribution in [0.15, 0.2) is 30.6 Å². The molecule has 23 heavy (non-hydrogen) atoms. The third-order valence-corrected chi connectivity index (χ3v) is 3.49. The van der Waals surface area contributed by atoms with Crippen LogP contribution in [0.3, 0.4) is 0 Å². The molecule has 0 aliphatic rings. The zero-order valence-corrected chi connectivity index (χ0v) is 13.2. The van der Waals surface area contributed by atoms with Crippen molar-refractivity contribution in [3.05, 3.63) is 51.8 Å². The molecule has 8 heteroatoms. The van der Waals surface area contributed by atoms with Gasteiger partial charge in [-0.2, -0.15) is 5.10 Å². The van der Waals surface area contributed by atoms with Crippen LogP contribution < -0.4 is 10.6 Å². The normalized spacial score (nSPS) is 11.8. The molecular weight excluding hydrogens is 298 g/mol. The first-order chi connectivity index (χ1) is 10.9. The Hall–Kier alpha value is -2.90. The Kier molecular flexibility index (Phi) is 4.95. The zero-order valence-electron chi connectivity index (χ0n) is 13.2. The minimum absolute atomic E-state index is 0.00519. The number of rotatable bonds is 5. The van der Waals surface area contributed by atoms with Crippen molar-refractivity contribution in [2.45, 2.75) is 26.3 Å². The summed E-state index contributed by atoms with van der Waals surface area (Å²) in [5.74, 6) is 0. The van der Waals surface area contributed by atoms with Gasteiger partial charge in [0, 0.05) is 36.1 Å². The van der Waals surface area contributed by atoms with Gasteiger partial charge in [-0.25, -0.2) is 4.79 Å². The highest BCUT2D eigenvalue weighted by Crippen LogP contribution is 2.23. The molecule has 0 fully saturated rings. The fraction of sp³-hybridized carbons (Fsp3) is 0.333. The average Bonchev–Trinajstić information content (AvgIpc) is 2.93. The maximum absolute atomic E-state index is 12.0. The van der Waals surface area contributed by atoms with Gasteiger partial charge in [0.05, 0.1) is 17.2 Å². The van der Waals surface area contributed by atoms with Crippen LogP contribution in [0.1, 0.15) is 31.0 Å². The largest absolute Gasteiger partial charge is 0.331 e. The number of carbonyl (C=O) groups is 1. The van der Waals surface area contributed by atoms with E-state index in [2.05, 4.69) is 15.7 Å². The molecule has 1 aromatic heterocycles. The third-order valence-electron chi connectivity index (χ3n) is 3.49. The fourth-order valence-corrected chi connectivity index (χ4v) is 2.22. The lowest BCUT2D eigenvalue weighted by atomic mass is 10.1. The lowest BCUT2D eigenvalue weighted by Gasteiger charge is -2.13. The lowest BCUT2D eigenvalue weighted by Crippen LogP contribution is -2.31. The number of nitro groups is 1. The van der Waals surface area contributed by atoms with Gasteiger partial charge in [0.1, 0.15) is 0 Å². The zero-order chi connectivity index (χ0) is 17.0. The Morgan fingerprint density at radius 2 is 2.22 bits per heavy atom. The molecule has 2 amide bonds. The summed E-state index contributed by atoms with van der Waals surface area (Å²) in [7, 11) is 1.80. The summed E-state index contributed by atoms with van der Waals surface area (Å²) in [6.07, 6.45) is 4.04. The molecular formula is C15H19N5O3. The first-order valence-electron chi connectivity index (χ1n) is 7.24. The van der Waals surface area contributed by atoms with Crippen LogP contribution >= 0.6 is 0 Å². The Balaban J connectivity index is 2.05. The van der Waals surface area contributed by atoms with Crippen molar-refractivity contribution in [1.29, 1.82) is 0 Å². The van der Waals surface area contributed by atoms with E-state index >= 15 is 0 Å². The number of benzene rings is 1. The van der Waals surface area contributed by atoms with Crippen LogP contribution in [0.4, 0.5) is 16.2 Å². The molecule has 1 heterocycles. The number of aryl methyl sites for hydroxylation is 2. The molecule has 0 aliphatic carbocycles. The lowest BCUT2D eigenvalue weighted by molar-refractivity contribution is -0.385. The van der Waals surface area contributed by atoms with Crippen LogP contribution in [-0.4, -0.2) is 20.7 Å². The summed E-state index contributed by atoms with van der Waals surface area (Å²) in [5.41, 5.74) is 1.88. The molecule has 0 unspecified atom stereocenters. The Labute approximate surface area is 133 Å². The fourth-order valence-electron chi connectivity index (χ4n) is 2.22. The Morgan fingerprint density at radius 3 is 2.78 bits per heavy atom. The monoisotopic (exact) mass is 317 g/mol. The number of amides is 2. The van der Waals surface area contributed by atoms with Crippen molar-refractivity contribution in [2.24, 2.45) is 7.05 Å². The van der Waals surface area contributed by atoms with E-state index < -0.39 is 11.0 Å². The molecule has 2 N–H and O–H groups in total. The van der Waals surface area contributed by atoms with Gasteiger partial charge in [0.2, 0.25) is 0 Å². The van der Waals surface area contributed by atoms with Gasteiger partial charge in [0.15, 0.2) is 0 Å². The number of urea groups is 1. The summed E-state index contributed by atoms with van der Waals surface area (Å²) >= 11 is 0. The number of carbonyl (C=O) groups excluding carboxylic acids is 1. The van der Waals surface area contributed by atoms with Gasteiger partial charge in [-0.15, -0.1) is 0 Å². The van der Waals surface area contributed by atoms with Crippen molar-refractivity contribution in [2.75, 3.05) is 5.32 Å². The Bertz CT molecular complexity index is 726. The van der Waals surface area contributed by atoms with E-state index in [4.69, 9.17) is 0 Å². The van der Waals surface area contributed by atoms with E-state index in [1.807, 2.05) is 20.0 Å². The molecule has 0 aliphatic heterocycles. The maximum atomic E-state index is 12.0. The molecule has 0 bridgehead atoms. The summed E-state index contributed by atoms with van der Waals surface area (Å²) in [4.78, 5) is 22.6. The topological polar surface area (TPSA) is 102 Å². The van der Waals surface area contributed by atoms with Gasteiger partial charge in [0.25, 0.3) is 5.69 Å². The second kappa shape index (κ2) is 6.91. The van der Waals surface area contributed by atoms with Gasteiger partial charge >= 0.3 is 6.03 Å². The highest BCUT2D eigenvalue weighted by molar-refractivity contribution is 5.90. The third kappa shape index (κ3) is 4.06. The van der Waals surface area contributed by atoms with Crippen molar-refractivity contribution < 1.29 is 9.72 Å². The van der Waals surface area contributed by atoms with Crippen LogP contribution in [-0.2, 0) is 13.5 Å². The highest BCUT2D eigenvalue weighted by Gasteiger charge is 2.15. The molecule has 0 spiro atoms. The summed E-state index contributed by atoms with van der Waals surface area (Å²) in [6.45, 7) is 3.68. The van der Waals surface area contributed by atoms with E-state index in [1.165, 1.54) is 6.07 Å². The molecule has 1 atom stereocenters. The minimum Gasteiger partial charge on any atom is -0.331 e. The first kappa shape index (κ1) is 16.5. The van der Waals surface area contributed by atoms with Crippen molar-refractivity contribution in [3.63, 3.8) is 0 Å². The van der Waals surface area contributed by atoms with Crippen LogP contribution in [0.25, 0.3) is 0 Å². The van der Waals surface area contributed by atoms with Crippen LogP contribution in [0, 0.1) is 10.1 Å². The predicted molar refractivity (Wildman–Crippen MR) is 86.3 cm³/mol. The molecule has 2 aromatic rings. The van der Waals surface area contributed by atoms with E-state index in [-0.39, 0.29) is 11.7 Å². The maximum Gasteiger partial charge on any atom is 0.319 e. The highest BCUT2D eigenvalue weighted by atomic mass is 16.6. The average molecular weight is 317 g/mol. The second-order valence-electron chi connectivity index (χ2n) is 5.22. The second-order valence-corrected chi connectivity index (χ2v) is 5.22. The number of anilines is 1. The standard InChI is InChI=1S/C15H19N5O3/c1-4-11-5-6-13(7-14(11)20(22)23)18-15(21)17-10(2)12-8-16-19(3)9-12/h5-10H,4H2,1-3H3,(H2,17,18,21)/t10-/m0/s1. The van der Waals surface area contributed by atoms with Gasteiger partial charge in [-0.05, 0) is 19.4 Å². The molecule has 1 aromatic carbocycles. The van der Waals surface area contributed by atoms with E-state index in [9.17, 15) is 14.9 Å². The molecule has 8 nitrogen and oxygen atoms in total. The van der Waals surface area contributed by atoms with E-state index in [1.54, 1.807) is 30.1 Å². The summed E-state index contributed by atoms with van der Waals surface area (Å²) < 4.78 is 1.65. The quantitative estimate of drug-likeness (QED) is 0.654. The first-order valence-corrected chi connectivity index (χ1v) is 7.24. The number of nitrogens with one attached hydrogen (secondary N) is 2. The number of aromatic nitrogens is 2. The van der Waals surface area contributed by atoms with E-state index in [0.717, 1.165) is 5.56 Å². The minimum atomic E-state index is -0.444. The molecule has 0 radical (unpaired) electrons. The van der Waals surface area contributed by atoms with Crippen LogP contribution in [0.2, 0.25) is 0 Å². The molecule has 122 valence electrons. The SMILES string of the molecule is CCc1ccc(NC(=O)N[C@@H](C)c2cnn(C)c2)cc1[N+](=O)[O-]. The summed E-state index contributed by atoms with van der Waals surface area (Å²) in [5, 5.41) is 20.5. The van der Waals surface area contributed by atoms with Gasteiger partial charge < -0.3 is 10.6 Å². The van der Waals surface area contributed by atoms with Crippen molar-refractivity contribution in [1.82, 2.24) is 15.1 Å². The molecule has 0 saturated heterocycles. The van der Waals surface area contributed by atoms with Gasteiger partial charge in [-0.3, -0.25) is 14.8 Å². The Morgan fingerprint density at radius 1 is 1.48 bits per heavy atom. The predicted octanol–water partition coefficient (Wildman–Crippen LogP) is 2.77. The number of hydrogen-bond acceptors (Lipinski definition) is 4. The molecule has 0 saturated carbocycles. The smallest absolute Gasteiger partial charge is 0.319 e. The van der Waals surface area contributed by atoms with Gasteiger partial charge in [-0.1, -0.05) is 13.0 Å². The van der Waals surface area contributed by atoms with E-state index in [0.29, 0.717) is 17.7 Å². The number of nitrogens with zero attached hydrogens (tertiary/aromatic N) is 3. The summed E-state index contributed by atoms with van der Waals surface area (Å²) in [6, 6.07) is 4.01. The van der Waals surface area contributed by atoms with Crippen molar-refractivity contribution >= 4 is 17.4 Å². The van der Waals surface area contributed by atoms with Crippen LogP contribution in [0.5, 0.6) is 0 Å². The molecule has 2 rings (SSSR count). The van der Waals surface area contributed by atoms with Crippen molar-refractivity contribution in [3.8, 4) is 0 Å². The number of hydrogen-bond donors (Lipinski definition) is 2. The number of nitro benzene ring substituents is 1.